The van der Waals surface area contributed by atoms with Gasteiger partial charge in [0.05, 0.1) is 24.2 Å². The van der Waals surface area contributed by atoms with E-state index in [1.165, 1.54) is 24.2 Å². The van der Waals surface area contributed by atoms with E-state index in [1.807, 2.05) is 0 Å². The molecule has 1 atom stereocenters. The Labute approximate surface area is 246 Å². The van der Waals surface area contributed by atoms with Crippen molar-refractivity contribution in [2.45, 2.75) is 37.5 Å². The van der Waals surface area contributed by atoms with Crippen LogP contribution in [0.2, 0.25) is 0 Å². The van der Waals surface area contributed by atoms with E-state index in [1.54, 1.807) is 62.8 Å². The maximum Gasteiger partial charge on any atom is 0.419 e. The molecule has 0 aliphatic heterocycles. The first kappa shape index (κ1) is 31.5. The number of halogens is 3. The van der Waals surface area contributed by atoms with Gasteiger partial charge in [0.15, 0.2) is 5.78 Å². The van der Waals surface area contributed by atoms with E-state index >= 15 is 0 Å². The summed E-state index contributed by atoms with van der Waals surface area (Å²) in [5, 5.41) is 10.5. The number of anilines is 2. The van der Waals surface area contributed by atoms with Gasteiger partial charge in [-0.1, -0.05) is 55.6 Å². The molecule has 3 rings (SSSR count). The third-order valence-corrected chi connectivity index (χ3v) is 6.17. The number of Topliss-reactive ketones (excluding diaryl/α,β-unsaturated/α-hetero) is 1. The number of carbonyl (C=O) groups excluding carboxylic acids is 2. The molecule has 3 aromatic rings. The van der Waals surface area contributed by atoms with Gasteiger partial charge >= 0.3 is 12.1 Å². The monoisotopic (exact) mass is 613 g/mol. The summed E-state index contributed by atoms with van der Waals surface area (Å²) in [5.74, 6) is -1.01. The van der Waals surface area contributed by atoms with Gasteiger partial charge in [0.1, 0.15) is 19.3 Å². The SMILES string of the molecule is COCCOc1ccc(N(C(=O)OCC(Cl)(Cl)Cl)c2ccc3c(c2)c(C(C)=O)cn3C(C(=O)O)C(C)(C)C)cn1. The molecule has 13 heteroatoms. The lowest BCUT2D eigenvalue weighted by atomic mass is 9.86. The van der Waals surface area contributed by atoms with E-state index in [-0.39, 0.29) is 12.4 Å². The number of hydrogen-bond acceptors (Lipinski definition) is 7. The number of pyridine rings is 1. The van der Waals surface area contributed by atoms with Crippen molar-refractivity contribution in [1.29, 1.82) is 0 Å². The molecular formula is C27H30Cl3N3O7. The molecule has 2 aromatic heterocycles. The molecule has 2 heterocycles. The fraction of sp³-hybridized carbons (Fsp3) is 0.407. The predicted octanol–water partition coefficient (Wildman–Crippen LogP) is 6.58. The number of alkyl halides is 3. The van der Waals surface area contributed by atoms with Crippen molar-refractivity contribution in [3.05, 3.63) is 48.3 Å². The topological polar surface area (TPSA) is 120 Å². The van der Waals surface area contributed by atoms with Crippen LogP contribution < -0.4 is 9.64 Å². The standard InChI is InChI=1S/C27H30Cl3N3O7/c1-16(34)20-14-32(23(24(35)36)26(2,3)4)21-8-6-17(12-19(20)21)33(25(37)40-15-27(28,29)30)18-7-9-22(31-13-18)39-11-10-38-5/h6-9,12-14,23H,10-11,15H2,1-5H3,(H,35,36). The van der Waals surface area contributed by atoms with E-state index in [0.29, 0.717) is 40.3 Å². The highest BCUT2D eigenvalue weighted by Gasteiger charge is 2.35. The minimum atomic E-state index is -1.85. The van der Waals surface area contributed by atoms with Crippen LogP contribution in [0.4, 0.5) is 16.2 Å². The second-order valence-corrected chi connectivity index (χ2v) is 12.5. The van der Waals surface area contributed by atoms with Crippen LogP contribution in [0.25, 0.3) is 10.9 Å². The van der Waals surface area contributed by atoms with Crippen LogP contribution in [0.3, 0.4) is 0 Å². The second kappa shape index (κ2) is 12.6. The summed E-state index contributed by atoms with van der Waals surface area (Å²) >= 11 is 17.4. The molecule has 10 nitrogen and oxygen atoms in total. The van der Waals surface area contributed by atoms with Crippen molar-refractivity contribution in [2.24, 2.45) is 5.41 Å². The Balaban J connectivity index is 2.14. The number of carboxylic acid groups (broad SMARTS) is 1. The molecule has 1 amide bonds. The molecule has 0 saturated carbocycles. The number of ketones is 1. The van der Waals surface area contributed by atoms with E-state index in [4.69, 9.17) is 49.0 Å². The normalized spacial score (nSPS) is 12.7. The van der Waals surface area contributed by atoms with E-state index < -0.39 is 33.9 Å². The molecule has 0 aliphatic rings. The zero-order valence-electron chi connectivity index (χ0n) is 22.6. The summed E-state index contributed by atoms with van der Waals surface area (Å²) in [6.07, 6.45) is 2.06. The van der Waals surface area contributed by atoms with Crippen molar-refractivity contribution in [3.8, 4) is 5.88 Å². The van der Waals surface area contributed by atoms with Crippen LogP contribution in [-0.4, -0.2) is 63.2 Å². The minimum absolute atomic E-state index is 0.275. The molecule has 216 valence electrons. The van der Waals surface area contributed by atoms with Gasteiger partial charge in [-0.05, 0) is 36.6 Å². The highest BCUT2D eigenvalue weighted by Crippen LogP contribution is 2.38. The molecule has 0 radical (unpaired) electrons. The first-order valence-electron chi connectivity index (χ1n) is 12.1. The van der Waals surface area contributed by atoms with Crippen LogP contribution in [0.1, 0.15) is 44.1 Å². The Morgan fingerprint density at radius 1 is 1.07 bits per heavy atom. The first-order chi connectivity index (χ1) is 18.6. The number of rotatable bonds is 10. The minimum Gasteiger partial charge on any atom is -0.480 e. The van der Waals surface area contributed by atoms with Crippen LogP contribution >= 0.6 is 34.8 Å². The Kier molecular flexibility index (Phi) is 9.94. The third-order valence-electron chi connectivity index (χ3n) is 5.84. The highest BCUT2D eigenvalue weighted by molar-refractivity contribution is 6.67. The molecule has 1 aromatic carbocycles. The number of fused-ring (bicyclic) bond motifs is 1. The van der Waals surface area contributed by atoms with Gasteiger partial charge in [-0.25, -0.2) is 19.5 Å². The average Bonchev–Trinajstić information content (AvgIpc) is 3.21. The number of aliphatic carboxylic acids is 1. The lowest BCUT2D eigenvalue weighted by molar-refractivity contribution is -0.144. The number of amides is 1. The Morgan fingerprint density at radius 3 is 2.27 bits per heavy atom. The van der Waals surface area contributed by atoms with Gasteiger partial charge < -0.3 is 23.9 Å². The van der Waals surface area contributed by atoms with Crippen LogP contribution in [0, 0.1) is 5.41 Å². The summed E-state index contributed by atoms with van der Waals surface area (Å²) in [6.45, 7) is 6.92. The number of carbonyl (C=O) groups is 3. The van der Waals surface area contributed by atoms with Gasteiger partial charge in [-0.15, -0.1) is 0 Å². The maximum atomic E-state index is 13.3. The van der Waals surface area contributed by atoms with Crippen molar-refractivity contribution < 1.29 is 33.7 Å². The van der Waals surface area contributed by atoms with Gasteiger partial charge in [-0.2, -0.15) is 0 Å². The van der Waals surface area contributed by atoms with E-state index in [9.17, 15) is 19.5 Å². The predicted molar refractivity (Wildman–Crippen MR) is 153 cm³/mol. The molecule has 40 heavy (non-hydrogen) atoms. The van der Waals surface area contributed by atoms with Gasteiger partial charge in [0.25, 0.3) is 0 Å². The summed E-state index contributed by atoms with van der Waals surface area (Å²) in [6, 6.07) is 7.04. The van der Waals surface area contributed by atoms with Gasteiger partial charge in [0, 0.05) is 35.8 Å². The van der Waals surface area contributed by atoms with Crippen molar-refractivity contribution in [1.82, 2.24) is 9.55 Å². The smallest absolute Gasteiger partial charge is 0.419 e. The molecule has 0 spiro atoms. The Hall–Kier alpha value is -3.05. The third kappa shape index (κ3) is 7.57. The fourth-order valence-electron chi connectivity index (χ4n) is 4.17. The number of benzene rings is 1. The number of methoxy groups -OCH3 is 1. The fourth-order valence-corrected chi connectivity index (χ4v) is 4.33. The molecule has 1 unspecified atom stereocenters. The van der Waals surface area contributed by atoms with Crippen molar-refractivity contribution >= 4 is 74.9 Å². The van der Waals surface area contributed by atoms with Crippen molar-refractivity contribution in [3.63, 3.8) is 0 Å². The molecule has 1 N–H and O–H groups in total. The number of aromatic nitrogens is 2. The van der Waals surface area contributed by atoms with Gasteiger partial charge in [0.2, 0.25) is 9.67 Å². The van der Waals surface area contributed by atoms with Crippen LogP contribution in [0.5, 0.6) is 5.88 Å². The molecular weight excluding hydrogens is 585 g/mol. The van der Waals surface area contributed by atoms with Crippen LogP contribution in [-0.2, 0) is 14.3 Å². The highest BCUT2D eigenvalue weighted by atomic mass is 35.6. The largest absolute Gasteiger partial charge is 0.480 e. The lowest BCUT2D eigenvalue weighted by Gasteiger charge is -2.29. The van der Waals surface area contributed by atoms with E-state index in [2.05, 4.69) is 4.98 Å². The second-order valence-electron chi connectivity index (χ2n) is 10.0. The molecule has 0 saturated heterocycles. The number of hydrogen-bond donors (Lipinski definition) is 1. The number of ether oxygens (including phenoxy) is 3. The Bertz CT molecular complexity index is 1380. The molecule has 0 fully saturated rings. The number of nitrogens with zero attached hydrogens (tertiary/aromatic N) is 3. The summed E-state index contributed by atoms with van der Waals surface area (Å²) < 4.78 is 15.4. The van der Waals surface area contributed by atoms with E-state index in [0.717, 1.165) is 0 Å². The summed E-state index contributed by atoms with van der Waals surface area (Å²) in [4.78, 5) is 43.6. The zero-order chi connectivity index (χ0) is 29.8. The molecule has 0 aliphatic carbocycles. The Morgan fingerprint density at radius 2 is 1.75 bits per heavy atom. The quantitative estimate of drug-likeness (QED) is 0.154. The van der Waals surface area contributed by atoms with Gasteiger partial charge in [-0.3, -0.25) is 4.79 Å². The molecule has 0 bridgehead atoms. The average molecular weight is 615 g/mol. The maximum absolute atomic E-state index is 13.3. The van der Waals surface area contributed by atoms with Crippen LogP contribution in [0.15, 0.2) is 42.7 Å². The lowest BCUT2D eigenvalue weighted by Crippen LogP contribution is -2.31. The summed E-state index contributed by atoms with van der Waals surface area (Å²) in [5.41, 5.74) is 0.734. The first-order valence-corrected chi connectivity index (χ1v) is 13.3. The number of carboxylic acids is 1. The zero-order valence-corrected chi connectivity index (χ0v) is 24.9. The van der Waals surface area contributed by atoms with Crippen molar-refractivity contribution in [2.75, 3.05) is 31.8 Å². The summed E-state index contributed by atoms with van der Waals surface area (Å²) in [7, 11) is 1.55.